The maximum atomic E-state index is 12.0. The predicted molar refractivity (Wildman–Crippen MR) is 51.1 cm³/mol. The van der Waals surface area contributed by atoms with Gasteiger partial charge in [-0.25, -0.2) is 0 Å². The molecule has 0 radical (unpaired) electrons. The smallest absolute Gasteiger partial charge is 0.183 e. The number of rotatable bonds is 0. The summed E-state index contributed by atoms with van der Waals surface area (Å²) in [4.78, 5) is 0. The Labute approximate surface area is 81.2 Å². The van der Waals surface area contributed by atoms with Crippen molar-refractivity contribution in [3.05, 3.63) is 35.4 Å². The Morgan fingerprint density at radius 1 is 1.08 bits per heavy atom. The van der Waals surface area contributed by atoms with E-state index < -0.39 is 11.7 Å². The largest absolute Gasteiger partial charge is 0.416 e. The van der Waals surface area contributed by atoms with Gasteiger partial charge in [0.25, 0.3) is 0 Å². The zero-order valence-corrected chi connectivity index (χ0v) is 8.28. The van der Waals surface area contributed by atoms with Gasteiger partial charge in [0.15, 0.2) is 0 Å². The van der Waals surface area contributed by atoms with Gasteiger partial charge in [0.2, 0.25) is 0 Å². The number of benzene rings is 1. The Hall–Kier alpha value is -0.640. The van der Waals surface area contributed by atoms with E-state index in [-0.39, 0.29) is 5.56 Å². The van der Waals surface area contributed by atoms with E-state index in [4.69, 9.17) is 0 Å². The lowest BCUT2D eigenvalue weighted by atomic mass is 10.1. The van der Waals surface area contributed by atoms with E-state index in [2.05, 4.69) is 12.6 Å². The van der Waals surface area contributed by atoms with Crippen LogP contribution >= 0.6 is 12.6 Å². The third kappa shape index (κ3) is 3.72. The van der Waals surface area contributed by atoms with Crippen molar-refractivity contribution in [1.29, 1.82) is 0 Å². The third-order valence-electron chi connectivity index (χ3n) is 1.45. The molecule has 0 nitrogen and oxygen atoms in total. The van der Waals surface area contributed by atoms with Crippen molar-refractivity contribution in [3.63, 3.8) is 0 Å². The SMILES string of the molecule is CS.Cc1ccccc1C(F)(F)F. The van der Waals surface area contributed by atoms with E-state index in [1.807, 2.05) is 0 Å². The lowest BCUT2D eigenvalue weighted by Crippen LogP contribution is -2.06. The van der Waals surface area contributed by atoms with E-state index in [0.717, 1.165) is 6.07 Å². The molecule has 1 rings (SSSR count). The molecular formula is C9H11F3S. The molecule has 4 heteroatoms. The van der Waals surface area contributed by atoms with Crippen molar-refractivity contribution in [3.8, 4) is 0 Å². The highest BCUT2D eigenvalue weighted by Gasteiger charge is 2.31. The normalized spacial score (nSPS) is 10.3. The molecule has 1 aromatic rings. The second-order valence-electron chi connectivity index (χ2n) is 2.31. The van der Waals surface area contributed by atoms with Crippen molar-refractivity contribution >= 4 is 12.6 Å². The van der Waals surface area contributed by atoms with Crippen molar-refractivity contribution in [2.24, 2.45) is 0 Å². The summed E-state index contributed by atoms with van der Waals surface area (Å²) in [5.41, 5.74) is -0.292. The highest BCUT2D eigenvalue weighted by molar-refractivity contribution is 7.79. The molecular weight excluding hydrogens is 197 g/mol. The van der Waals surface area contributed by atoms with E-state index in [1.54, 1.807) is 12.3 Å². The van der Waals surface area contributed by atoms with Crippen LogP contribution in [0.5, 0.6) is 0 Å². The molecule has 0 aliphatic carbocycles. The van der Waals surface area contributed by atoms with Gasteiger partial charge in [-0.1, -0.05) is 18.2 Å². The maximum Gasteiger partial charge on any atom is 0.416 e. The Balaban J connectivity index is 0.000000671. The fourth-order valence-corrected chi connectivity index (χ4v) is 0.891. The second-order valence-corrected chi connectivity index (χ2v) is 2.31. The summed E-state index contributed by atoms with van der Waals surface area (Å²) in [6.07, 6.45) is -2.52. The van der Waals surface area contributed by atoms with Crippen LogP contribution in [-0.4, -0.2) is 6.26 Å². The van der Waals surface area contributed by atoms with Crippen LogP contribution in [0.3, 0.4) is 0 Å². The summed E-state index contributed by atoms with van der Waals surface area (Å²) in [5, 5.41) is 0. The van der Waals surface area contributed by atoms with Gasteiger partial charge in [0.05, 0.1) is 5.56 Å². The van der Waals surface area contributed by atoms with Crippen LogP contribution in [0, 0.1) is 6.92 Å². The topological polar surface area (TPSA) is 0 Å². The van der Waals surface area contributed by atoms with Crippen LogP contribution in [0.1, 0.15) is 11.1 Å². The van der Waals surface area contributed by atoms with Crippen molar-refractivity contribution in [1.82, 2.24) is 0 Å². The van der Waals surface area contributed by atoms with Crippen LogP contribution in [-0.2, 0) is 6.18 Å². The van der Waals surface area contributed by atoms with Gasteiger partial charge < -0.3 is 0 Å². The highest BCUT2D eigenvalue weighted by atomic mass is 32.1. The molecule has 0 atom stereocenters. The van der Waals surface area contributed by atoms with E-state index in [1.165, 1.54) is 19.1 Å². The second kappa shape index (κ2) is 5.17. The van der Waals surface area contributed by atoms with Gasteiger partial charge in [0, 0.05) is 0 Å². The first kappa shape index (κ1) is 12.4. The van der Waals surface area contributed by atoms with E-state index in [9.17, 15) is 13.2 Å². The fraction of sp³-hybridized carbons (Fsp3) is 0.333. The fourth-order valence-electron chi connectivity index (χ4n) is 0.891. The third-order valence-corrected chi connectivity index (χ3v) is 1.45. The van der Waals surface area contributed by atoms with Gasteiger partial charge in [0.1, 0.15) is 0 Å². The first-order chi connectivity index (χ1) is 6.02. The Morgan fingerprint density at radius 3 is 1.85 bits per heavy atom. The molecule has 0 spiro atoms. The monoisotopic (exact) mass is 208 g/mol. The summed E-state index contributed by atoms with van der Waals surface area (Å²) in [7, 11) is 0. The minimum Gasteiger partial charge on any atom is -0.183 e. The first-order valence-corrected chi connectivity index (χ1v) is 4.49. The molecule has 0 aromatic heterocycles. The van der Waals surface area contributed by atoms with Gasteiger partial charge in [-0.05, 0) is 24.8 Å². The van der Waals surface area contributed by atoms with Crippen LogP contribution < -0.4 is 0 Å². The number of aryl methyl sites for hydroxylation is 1. The highest BCUT2D eigenvalue weighted by Crippen LogP contribution is 2.31. The average Bonchev–Trinajstić information content (AvgIpc) is 2.07. The molecule has 0 heterocycles. The summed E-state index contributed by atoms with van der Waals surface area (Å²) in [6.45, 7) is 1.45. The van der Waals surface area contributed by atoms with E-state index >= 15 is 0 Å². The molecule has 0 amide bonds. The molecule has 0 unspecified atom stereocenters. The summed E-state index contributed by atoms with van der Waals surface area (Å²) in [5.74, 6) is 0. The van der Waals surface area contributed by atoms with Gasteiger partial charge in [-0.3, -0.25) is 0 Å². The Morgan fingerprint density at radius 2 is 1.54 bits per heavy atom. The van der Waals surface area contributed by atoms with Gasteiger partial charge in [-0.2, -0.15) is 25.8 Å². The van der Waals surface area contributed by atoms with Crippen molar-refractivity contribution in [2.75, 3.05) is 6.26 Å². The van der Waals surface area contributed by atoms with Crippen LogP contribution in [0.2, 0.25) is 0 Å². The summed E-state index contributed by atoms with van der Waals surface area (Å²) >= 11 is 3.53. The Kier molecular flexibility index (Phi) is 4.91. The van der Waals surface area contributed by atoms with Gasteiger partial charge in [-0.15, -0.1) is 0 Å². The lowest BCUT2D eigenvalue weighted by Gasteiger charge is -2.08. The molecule has 0 bridgehead atoms. The number of halogens is 3. The van der Waals surface area contributed by atoms with Crippen molar-refractivity contribution < 1.29 is 13.2 Å². The molecule has 1 aromatic carbocycles. The lowest BCUT2D eigenvalue weighted by molar-refractivity contribution is -0.138. The van der Waals surface area contributed by atoms with Crippen LogP contribution in [0.15, 0.2) is 24.3 Å². The minimum absolute atomic E-state index is 0.264. The average molecular weight is 208 g/mol. The molecule has 0 saturated carbocycles. The first-order valence-electron chi connectivity index (χ1n) is 3.59. The molecule has 0 aliphatic rings. The van der Waals surface area contributed by atoms with Crippen molar-refractivity contribution in [2.45, 2.75) is 13.1 Å². The quantitative estimate of drug-likeness (QED) is 0.619. The Bertz CT molecular complexity index is 255. The number of thiol groups is 1. The standard InChI is InChI=1S/C8H7F3.CH4S/c1-6-4-2-3-5-7(6)8(9,10)11;1-2/h2-5H,1H3;2H,1H3. The van der Waals surface area contributed by atoms with Crippen LogP contribution in [0.4, 0.5) is 13.2 Å². The minimum atomic E-state index is -4.22. The zero-order valence-electron chi connectivity index (χ0n) is 7.39. The molecule has 0 aliphatic heterocycles. The predicted octanol–water partition coefficient (Wildman–Crippen LogP) is 3.56. The number of hydrogen-bond donors (Lipinski definition) is 1. The molecule has 13 heavy (non-hydrogen) atoms. The van der Waals surface area contributed by atoms with Gasteiger partial charge >= 0.3 is 6.18 Å². The molecule has 0 saturated heterocycles. The van der Waals surface area contributed by atoms with E-state index in [0.29, 0.717) is 0 Å². The summed E-state index contributed by atoms with van der Waals surface area (Å²) < 4.78 is 36.1. The zero-order chi connectivity index (χ0) is 10.5. The molecule has 74 valence electrons. The molecule has 0 fully saturated rings. The number of hydrogen-bond acceptors (Lipinski definition) is 1. The summed E-state index contributed by atoms with van der Waals surface area (Å²) in [6, 6.07) is 5.50. The molecule has 0 N–H and O–H groups in total. The van der Waals surface area contributed by atoms with Crippen LogP contribution in [0.25, 0.3) is 0 Å². The number of alkyl halides is 3. The maximum absolute atomic E-state index is 12.0.